The molecule has 0 aliphatic carbocycles. The minimum atomic E-state index is -1.74. The summed E-state index contributed by atoms with van der Waals surface area (Å²) in [5, 5.41) is 19.2. The highest BCUT2D eigenvalue weighted by Crippen LogP contribution is 2.53. The number of carbonyl (C=O) groups is 2. The van der Waals surface area contributed by atoms with Crippen LogP contribution < -0.4 is 16.0 Å². The van der Waals surface area contributed by atoms with Crippen LogP contribution >= 0.6 is 23.2 Å². The number of nitriles is 1. The number of ether oxygens (including phenoxy) is 1. The predicted octanol–water partition coefficient (Wildman–Crippen LogP) is 7.76. The van der Waals surface area contributed by atoms with Crippen LogP contribution in [0, 0.1) is 28.4 Å². The number of rotatable bonds is 6. The molecule has 3 aromatic carbocycles. The third-order valence-corrected chi connectivity index (χ3v) is 7.62. The molecule has 3 N–H and O–H groups in total. The average molecular weight is 616 g/mol. The first kappa shape index (κ1) is 31.2. The van der Waals surface area contributed by atoms with Gasteiger partial charge in [0.05, 0.1) is 17.0 Å². The van der Waals surface area contributed by atoms with Gasteiger partial charge in [0.2, 0.25) is 5.91 Å². The van der Waals surface area contributed by atoms with Crippen LogP contribution in [0.2, 0.25) is 10.0 Å². The van der Waals surface area contributed by atoms with Gasteiger partial charge in [0.15, 0.2) is 6.23 Å². The molecule has 0 aromatic heterocycles. The van der Waals surface area contributed by atoms with Gasteiger partial charge in [-0.15, -0.1) is 0 Å². The maximum Gasteiger partial charge on any atom is 0.413 e. The number of nitrogens with zero attached hydrogens (tertiary/aromatic N) is 1. The normalized spacial score (nSPS) is 21.8. The van der Waals surface area contributed by atoms with Gasteiger partial charge in [-0.25, -0.2) is 13.6 Å². The van der Waals surface area contributed by atoms with Crippen molar-refractivity contribution in [1.82, 2.24) is 5.32 Å². The summed E-state index contributed by atoms with van der Waals surface area (Å²) in [6, 6.07) is 16.1. The van der Waals surface area contributed by atoms with Crippen LogP contribution in [0.5, 0.6) is 0 Å². The second-order valence-electron chi connectivity index (χ2n) is 11.4. The van der Waals surface area contributed by atoms with E-state index in [1.807, 2.05) is 20.8 Å². The van der Waals surface area contributed by atoms with E-state index in [-0.39, 0.29) is 32.5 Å². The second kappa shape index (κ2) is 12.3. The van der Waals surface area contributed by atoms with Crippen molar-refractivity contribution in [3.63, 3.8) is 0 Å². The summed E-state index contributed by atoms with van der Waals surface area (Å²) < 4.78 is 37.2. The Bertz CT molecular complexity index is 1540. The van der Waals surface area contributed by atoms with Crippen LogP contribution in [0.3, 0.4) is 0 Å². The molecule has 3 aromatic rings. The SMILES string of the molecule is CC(=O)Nc1ccc(NC(=O)O[C@@H]2N[C@H](CC(C)(C)C)[C@@](C#N)(c3ccc(Cl)cc3F)[C@@H]2c2cccc(Cl)c2F)cc1. The summed E-state index contributed by atoms with van der Waals surface area (Å²) in [6.45, 7) is 7.24. The average Bonchev–Trinajstić information content (AvgIpc) is 3.17. The number of benzene rings is 3. The lowest BCUT2D eigenvalue weighted by molar-refractivity contribution is -0.114. The van der Waals surface area contributed by atoms with Crippen LogP contribution in [-0.4, -0.2) is 24.3 Å². The minimum Gasteiger partial charge on any atom is -0.429 e. The highest BCUT2D eigenvalue weighted by Gasteiger charge is 2.61. The zero-order chi connectivity index (χ0) is 30.8. The molecule has 1 heterocycles. The van der Waals surface area contributed by atoms with Crippen molar-refractivity contribution < 1.29 is 23.1 Å². The molecule has 1 fully saturated rings. The minimum absolute atomic E-state index is 0.0133. The fourth-order valence-electron chi connectivity index (χ4n) is 5.48. The molecule has 0 saturated carbocycles. The molecule has 2 amide bonds. The van der Waals surface area contributed by atoms with E-state index < -0.39 is 41.3 Å². The Morgan fingerprint density at radius 1 is 1.05 bits per heavy atom. The van der Waals surface area contributed by atoms with Crippen molar-refractivity contribution in [1.29, 1.82) is 5.26 Å². The Balaban J connectivity index is 1.80. The van der Waals surface area contributed by atoms with E-state index >= 15 is 8.78 Å². The fraction of sp³-hybridized carbons (Fsp3) is 0.323. The molecule has 11 heteroatoms. The molecule has 4 atom stereocenters. The van der Waals surface area contributed by atoms with Crippen molar-refractivity contribution in [2.45, 2.75) is 57.7 Å². The Hall–Kier alpha value is -3.71. The van der Waals surface area contributed by atoms with E-state index in [1.165, 1.54) is 37.3 Å². The van der Waals surface area contributed by atoms with Crippen LogP contribution in [-0.2, 0) is 14.9 Å². The Kier molecular flexibility index (Phi) is 9.12. The van der Waals surface area contributed by atoms with Gasteiger partial charge in [-0.2, -0.15) is 5.26 Å². The molecule has 4 rings (SSSR count). The van der Waals surface area contributed by atoms with E-state index in [1.54, 1.807) is 24.3 Å². The van der Waals surface area contributed by atoms with Crippen LogP contribution in [0.4, 0.5) is 25.0 Å². The monoisotopic (exact) mass is 614 g/mol. The summed E-state index contributed by atoms with van der Waals surface area (Å²) in [6.07, 6.45) is -1.82. The zero-order valence-corrected chi connectivity index (χ0v) is 24.9. The molecule has 0 spiro atoms. The number of nitrogens with one attached hydrogen (secondary N) is 3. The van der Waals surface area contributed by atoms with Crippen LogP contribution in [0.15, 0.2) is 60.7 Å². The van der Waals surface area contributed by atoms with E-state index in [2.05, 4.69) is 22.0 Å². The largest absolute Gasteiger partial charge is 0.429 e. The molecule has 7 nitrogen and oxygen atoms in total. The lowest BCUT2D eigenvalue weighted by Gasteiger charge is -2.37. The van der Waals surface area contributed by atoms with E-state index in [9.17, 15) is 14.9 Å². The smallest absolute Gasteiger partial charge is 0.413 e. The lowest BCUT2D eigenvalue weighted by Crippen LogP contribution is -2.44. The molecule has 42 heavy (non-hydrogen) atoms. The first-order valence-electron chi connectivity index (χ1n) is 13.2. The number of carbonyl (C=O) groups excluding carboxylic acids is 2. The van der Waals surface area contributed by atoms with Crippen molar-refractivity contribution in [2.24, 2.45) is 5.41 Å². The number of anilines is 2. The maximum absolute atomic E-state index is 15.7. The van der Waals surface area contributed by atoms with Gasteiger partial charge < -0.3 is 10.1 Å². The first-order chi connectivity index (χ1) is 19.7. The summed E-state index contributed by atoms with van der Waals surface area (Å²) in [5.41, 5.74) is -1.24. The van der Waals surface area contributed by atoms with Crippen LogP contribution in [0.1, 0.15) is 51.2 Å². The van der Waals surface area contributed by atoms with Gasteiger partial charge >= 0.3 is 6.09 Å². The van der Waals surface area contributed by atoms with Crippen molar-refractivity contribution in [3.8, 4) is 6.07 Å². The molecule has 220 valence electrons. The van der Waals surface area contributed by atoms with E-state index in [0.29, 0.717) is 17.8 Å². The summed E-state index contributed by atoms with van der Waals surface area (Å²) in [7, 11) is 0. The van der Waals surface area contributed by atoms with Gasteiger partial charge in [0, 0.05) is 34.9 Å². The predicted molar refractivity (Wildman–Crippen MR) is 158 cm³/mol. The van der Waals surface area contributed by atoms with E-state index in [4.69, 9.17) is 27.9 Å². The van der Waals surface area contributed by atoms with Gasteiger partial charge in [-0.3, -0.25) is 15.4 Å². The molecule has 1 aliphatic rings. The quantitative estimate of drug-likeness (QED) is 0.263. The highest BCUT2D eigenvalue weighted by atomic mass is 35.5. The molecule has 1 aliphatic heterocycles. The number of halogens is 4. The third kappa shape index (κ3) is 6.51. The molecular weight excluding hydrogens is 585 g/mol. The van der Waals surface area contributed by atoms with Gasteiger partial charge in [0.25, 0.3) is 0 Å². The summed E-state index contributed by atoms with van der Waals surface area (Å²) in [4.78, 5) is 24.5. The zero-order valence-electron chi connectivity index (χ0n) is 23.4. The van der Waals surface area contributed by atoms with Gasteiger partial charge in [-0.1, -0.05) is 62.2 Å². The topological polar surface area (TPSA) is 103 Å². The fourth-order valence-corrected chi connectivity index (χ4v) is 5.82. The molecule has 1 saturated heterocycles. The van der Waals surface area contributed by atoms with Crippen molar-refractivity contribution in [3.05, 3.63) is 93.5 Å². The Morgan fingerprint density at radius 3 is 2.26 bits per heavy atom. The summed E-state index contributed by atoms with van der Waals surface area (Å²) in [5.74, 6) is -3.01. The number of hydrogen-bond acceptors (Lipinski definition) is 5. The third-order valence-electron chi connectivity index (χ3n) is 7.09. The lowest BCUT2D eigenvalue weighted by atomic mass is 9.63. The van der Waals surface area contributed by atoms with E-state index in [0.717, 1.165) is 6.07 Å². The first-order valence-corrected chi connectivity index (χ1v) is 13.9. The van der Waals surface area contributed by atoms with Crippen molar-refractivity contribution >= 4 is 46.6 Å². The molecule has 0 bridgehead atoms. The number of hydrogen-bond donors (Lipinski definition) is 3. The Morgan fingerprint density at radius 2 is 1.69 bits per heavy atom. The second-order valence-corrected chi connectivity index (χ2v) is 12.3. The molecular formula is C31H30Cl2F2N4O3. The van der Waals surface area contributed by atoms with Crippen LogP contribution in [0.25, 0.3) is 0 Å². The van der Waals surface area contributed by atoms with Crippen molar-refractivity contribution in [2.75, 3.05) is 10.6 Å². The standard InChI is InChI=1S/C31H30Cl2F2N4O3/c1-17(40)37-19-9-11-20(12-10-19)38-29(41)42-28-26(21-6-5-7-23(33)27(21)35)31(16-36,25(39-28)15-30(2,3)4)22-13-8-18(32)14-24(22)34/h5-14,25-26,28,39H,15H2,1-4H3,(H,37,40)(H,38,41)/t25-,26-,28+,31-/m1/s1. The highest BCUT2D eigenvalue weighted by molar-refractivity contribution is 6.31. The maximum atomic E-state index is 15.7. The van der Waals surface area contributed by atoms with Gasteiger partial charge in [-0.05, 0) is 59.9 Å². The molecule has 0 unspecified atom stereocenters. The number of amides is 2. The Labute approximate surface area is 253 Å². The molecule has 0 radical (unpaired) electrons. The summed E-state index contributed by atoms with van der Waals surface area (Å²) >= 11 is 12.2. The van der Waals surface area contributed by atoms with Gasteiger partial charge in [0.1, 0.15) is 17.0 Å².